The number of aliphatic hydroxyl groups excluding tert-OH is 1. The highest BCUT2D eigenvalue weighted by Crippen LogP contribution is 2.14. The topological polar surface area (TPSA) is 29.5 Å². The molecule has 13 heavy (non-hydrogen) atoms. The Morgan fingerprint density at radius 1 is 1.46 bits per heavy atom. The van der Waals surface area contributed by atoms with Gasteiger partial charge in [-0.05, 0) is 24.5 Å². The molecule has 0 radical (unpaired) electrons. The van der Waals surface area contributed by atoms with Crippen molar-refractivity contribution in [1.82, 2.24) is 0 Å². The number of hydrogen-bond acceptors (Lipinski definition) is 3. The molecule has 0 saturated carbocycles. The summed E-state index contributed by atoms with van der Waals surface area (Å²) in [6, 6.07) is 0. The summed E-state index contributed by atoms with van der Waals surface area (Å²) in [4.78, 5) is 0. The predicted molar refractivity (Wildman–Crippen MR) is 59.3 cm³/mol. The van der Waals surface area contributed by atoms with Crippen LogP contribution in [0.25, 0.3) is 0 Å². The van der Waals surface area contributed by atoms with Gasteiger partial charge in [0.15, 0.2) is 0 Å². The average molecular weight is 206 g/mol. The van der Waals surface area contributed by atoms with E-state index < -0.39 is 0 Å². The minimum atomic E-state index is -0.174. The van der Waals surface area contributed by atoms with Crippen molar-refractivity contribution >= 4 is 11.8 Å². The summed E-state index contributed by atoms with van der Waals surface area (Å²) in [6.07, 6.45) is 1.96. The van der Waals surface area contributed by atoms with Crippen molar-refractivity contribution in [2.45, 2.75) is 32.8 Å². The van der Waals surface area contributed by atoms with Crippen LogP contribution in [-0.4, -0.2) is 36.4 Å². The highest BCUT2D eigenvalue weighted by Gasteiger charge is 2.13. The monoisotopic (exact) mass is 206 g/mol. The Morgan fingerprint density at radius 2 is 2.15 bits per heavy atom. The Balaban J connectivity index is 3.38. The molecule has 80 valence electrons. The zero-order chi connectivity index (χ0) is 10.1. The van der Waals surface area contributed by atoms with Crippen molar-refractivity contribution in [1.29, 1.82) is 0 Å². The molecule has 0 aliphatic rings. The summed E-state index contributed by atoms with van der Waals surface area (Å²) in [5.41, 5.74) is 0. The van der Waals surface area contributed by atoms with E-state index in [4.69, 9.17) is 4.74 Å². The Kier molecular flexibility index (Phi) is 9.03. The number of thioether (sulfide) groups is 1. The van der Waals surface area contributed by atoms with Gasteiger partial charge in [0.05, 0.1) is 6.10 Å². The van der Waals surface area contributed by atoms with Gasteiger partial charge < -0.3 is 9.84 Å². The number of methoxy groups -OCH3 is 1. The maximum atomic E-state index is 9.69. The van der Waals surface area contributed by atoms with Gasteiger partial charge in [0.2, 0.25) is 0 Å². The van der Waals surface area contributed by atoms with Crippen LogP contribution in [0.4, 0.5) is 0 Å². The van der Waals surface area contributed by atoms with E-state index in [1.807, 2.05) is 11.8 Å². The molecule has 2 atom stereocenters. The zero-order valence-corrected chi connectivity index (χ0v) is 9.77. The number of aliphatic hydroxyl groups is 1. The molecule has 0 aromatic rings. The standard InChI is InChI=1S/C10H22O2S/c1-4-7-13-8-10(11)9(2)5-6-12-3/h9-11H,4-8H2,1-3H3. The largest absolute Gasteiger partial charge is 0.392 e. The SMILES string of the molecule is CCCSCC(O)C(C)CCOC. The smallest absolute Gasteiger partial charge is 0.0656 e. The van der Waals surface area contributed by atoms with Gasteiger partial charge in [0.1, 0.15) is 0 Å². The van der Waals surface area contributed by atoms with Gasteiger partial charge in [-0.3, -0.25) is 0 Å². The Hall–Kier alpha value is 0.270. The molecule has 3 heteroatoms. The molecule has 0 fully saturated rings. The first-order valence-corrected chi connectivity index (χ1v) is 6.12. The number of ether oxygens (including phenoxy) is 1. The molecule has 0 aromatic heterocycles. The third kappa shape index (κ3) is 7.35. The van der Waals surface area contributed by atoms with E-state index in [1.54, 1.807) is 7.11 Å². The molecular formula is C10H22O2S. The molecule has 2 unspecified atom stereocenters. The summed E-state index contributed by atoms with van der Waals surface area (Å²) >= 11 is 1.83. The lowest BCUT2D eigenvalue weighted by Crippen LogP contribution is -2.21. The molecule has 0 aliphatic heterocycles. The minimum absolute atomic E-state index is 0.174. The molecule has 0 aromatic carbocycles. The highest BCUT2D eigenvalue weighted by molar-refractivity contribution is 7.99. The number of hydrogen-bond donors (Lipinski definition) is 1. The van der Waals surface area contributed by atoms with E-state index in [9.17, 15) is 5.11 Å². The summed E-state index contributed by atoms with van der Waals surface area (Å²) in [5, 5.41) is 9.69. The van der Waals surface area contributed by atoms with E-state index >= 15 is 0 Å². The van der Waals surface area contributed by atoms with Crippen LogP contribution in [0.1, 0.15) is 26.7 Å². The zero-order valence-electron chi connectivity index (χ0n) is 8.95. The predicted octanol–water partition coefficient (Wildman–Crippen LogP) is 2.16. The van der Waals surface area contributed by atoms with Crippen molar-refractivity contribution in [2.75, 3.05) is 25.2 Å². The van der Waals surface area contributed by atoms with Gasteiger partial charge in [0, 0.05) is 19.5 Å². The van der Waals surface area contributed by atoms with Crippen molar-refractivity contribution in [3.05, 3.63) is 0 Å². The summed E-state index contributed by atoms with van der Waals surface area (Å²) in [6.45, 7) is 4.99. The molecule has 2 nitrogen and oxygen atoms in total. The lowest BCUT2D eigenvalue weighted by molar-refractivity contribution is 0.105. The number of rotatable bonds is 8. The van der Waals surface area contributed by atoms with Gasteiger partial charge in [0.25, 0.3) is 0 Å². The van der Waals surface area contributed by atoms with Crippen LogP contribution in [0.3, 0.4) is 0 Å². The maximum absolute atomic E-state index is 9.69. The molecule has 0 saturated heterocycles. The van der Waals surface area contributed by atoms with Crippen molar-refractivity contribution in [3.8, 4) is 0 Å². The van der Waals surface area contributed by atoms with Crippen LogP contribution in [0.5, 0.6) is 0 Å². The first kappa shape index (κ1) is 13.3. The summed E-state index contributed by atoms with van der Waals surface area (Å²) in [5.74, 6) is 2.36. The van der Waals surface area contributed by atoms with Crippen molar-refractivity contribution in [3.63, 3.8) is 0 Å². The lowest BCUT2D eigenvalue weighted by Gasteiger charge is -2.17. The molecule has 0 bridgehead atoms. The van der Waals surface area contributed by atoms with Crippen LogP contribution in [0, 0.1) is 5.92 Å². The summed E-state index contributed by atoms with van der Waals surface area (Å²) < 4.78 is 4.97. The van der Waals surface area contributed by atoms with Crippen LogP contribution in [0.15, 0.2) is 0 Å². The second kappa shape index (κ2) is 8.85. The third-order valence-electron chi connectivity index (χ3n) is 2.07. The molecule has 0 aliphatic carbocycles. The molecule has 0 amide bonds. The van der Waals surface area contributed by atoms with Crippen molar-refractivity contribution < 1.29 is 9.84 Å². The van der Waals surface area contributed by atoms with E-state index in [2.05, 4.69) is 13.8 Å². The second-order valence-corrected chi connectivity index (χ2v) is 4.55. The second-order valence-electron chi connectivity index (χ2n) is 3.40. The Morgan fingerprint density at radius 3 is 2.69 bits per heavy atom. The third-order valence-corrected chi connectivity index (χ3v) is 3.35. The van der Waals surface area contributed by atoms with Gasteiger partial charge in [-0.15, -0.1) is 0 Å². The molecule has 0 spiro atoms. The fourth-order valence-corrected chi connectivity index (χ4v) is 2.03. The van der Waals surface area contributed by atoms with E-state index in [0.717, 1.165) is 24.5 Å². The van der Waals surface area contributed by atoms with E-state index in [1.165, 1.54) is 6.42 Å². The van der Waals surface area contributed by atoms with Crippen LogP contribution < -0.4 is 0 Å². The van der Waals surface area contributed by atoms with Gasteiger partial charge >= 0.3 is 0 Å². The van der Waals surface area contributed by atoms with Crippen molar-refractivity contribution in [2.24, 2.45) is 5.92 Å². The lowest BCUT2D eigenvalue weighted by atomic mass is 10.0. The van der Waals surface area contributed by atoms with Gasteiger partial charge in [-0.25, -0.2) is 0 Å². The van der Waals surface area contributed by atoms with Crippen LogP contribution in [-0.2, 0) is 4.74 Å². The highest BCUT2D eigenvalue weighted by atomic mass is 32.2. The molecule has 1 N–H and O–H groups in total. The normalized spacial score (nSPS) is 15.7. The first-order valence-electron chi connectivity index (χ1n) is 4.97. The quantitative estimate of drug-likeness (QED) is 0.617. The Bertz CT molecular complexity index is 109. The Labute approximate surface area is 86.1 Å². The molecular weight excluding hydrogens is 184 g/mol. The van der Waals surface area contributed by atoms with E-state index in [0.29, 0.717) is 5.92 Å². The molecule has 0 rings (SSSR count). The van der Waals surface area contributed by atoms with E-state index in [-0.39, 0.29) is 6.10 Å². The average Bonchev–Trinajstić information content (AvgIpc) is 2.14. The van der Waals surface area contributed by atoms with Gasteiger partial charge in [-0.1, -0.05) is 13.8 Å². The van der Waals surface area contributed by atoms with Crippen LogP contribution in [0.2, 0.25) is 0 Å². The first-order chi connectivity index (χ1) is 6.22. The maximum Gasteiger partial charge on any atom is 0.0656 e. The van der Waals surface area contributed by atoms with Crippen LogP contribution >= 0.6 is 11.8 Å². The molecule has 0 heterocycles. The van der Waals surface area contributed by atoms with Gasteiger partial charge in [-0.2, -0.15) is 11.8 Å². The fraction of sp³-hybridized carbons (Fsp3) is 1.00. The fourth-order valence-electron chi connectivity index (χ4n) is 1.01. The minimum Gasteiger partial charge on any atom is -0.392 e. The summed E-state index contributed by atoms with van der Waals surface area (Å²) in [7, 11) is 1.70.